The molecule has 0 amide bonds. The second kappa shape index (κ2) is 9.96. The summed E-state index contributed by atoms with van der Waals surface area (Å²) >= 11 is 0. The van der Waals surface area contributed by atoms with Crippen molar-refractivity contribution in [2.24, 2.45) is 5.92 Å². The Morgan fingerprint density at radius 3 is 2.54 bits per heavy atom. The minimum Gasteiger partial charge on any atom is -0.490 e. The van der Waals surface area contributed by atoms with Crippen molar-refractivity contribution in [3.05, 3.63) is 100.0 Å². The number of rotatable bonds is 6. The van der Waals surface area contributed by atoms with Crippen LogP contribution in [0.3, 0.4) is 0 Å². The molecule has 0 atom stereocenters. The van der Waals surface area contributed by atoms with Crippen LogP contribution in [0.4, 0.5) is 13.2 Å². The Balaban J connectivity index is 1.23. The van der Waals surface area contributed by atoms with Gasteiger partial charge in [-0.05, 0) is 80.4 Å². The summed E-state index contributed by atoms with van der Waals surface area (Å²) in [4.78, 5) is 24.0. The minimum atomic E-state index is -3.43. The van der Waals surface area contributed by atoms with Gasteiger partial charge in [-0.1, -0.05) is 18.2 Å². The van der Waals surface area contributed by atoms with Crippen molar-refractivity contribution in [1.29, 1.82) is 0 Å². The summed E-state index contributed by atoms with van der Waals surface area (Å²) in [5.41, 5.74) is 0.282. The first-order valence-corrected chi connectivity index (χ1v) is 12.9. The molecule has 2 aromatic carbocycles. The molecule has 4 aromatic rings. The van der Waals surface area contributed by atoms with Crippen LogP contribution >= 0.6 is 0 Å². The molecule has 200 valence electrons. The second-order valence-electron chi connectivity index (χ2n) is 10.3. The molecular formula is C30H27F3N4O2. The van der Waals surface area contributed by atoms with Crippen LogP contribution in [0.2, 0.25) is 0 Å². The zero-order chi connectivity index (χ0) is 27.1. The maximum Gasteiger partial charge on any atom is 0.314 e. The first-order chi connectivity index (χ1) is 18.8. The summed E-state index contributed by atoms with van der Waals surface area (Å²) in [5.74, 6) is -2.47. The van der Waals surface area contributed by atoms with Crippen LogP contribution in [-0.4, -0.2) is 46.2 Å². The molecule has 0 unspecified atom stereocenters. The number of alkyl halides is 2. The highest BCUT2D eigenvalue weighted by atomic mass is 19.3. The van der Waals surface area contributed by atoms with Crippen molar-refractivity contribution < 1.29 is 17.9 Å². The average molecular weight is 533 g/mol. The number of piperidine rings is 1. The lowest BCUT2D eigenvalue weighted by Crippen LogP contribution is -2.32. The smallest absolute Gasteiger partial charge is 0.314 e. The van der Waals surface area contributed by atoms with E-state index < -0.39 is 23.0 Å². The van der Waals surface area contributed by atoms with Gasteiger partial charge < -0.3 is 14.2 Å². The molecule has 0 saturated carbocycles. The van der Waals surface area contributed by atoms with Gasteiger partial charge in [0.25, 0.3) is 5.56 Å². The topological polar surface area (TPSA) is 60.2 Å². The van der Waals surface area contributed by atoms with E-state index in [9.17, 15) is 9.18 Å². The Kier molecular flexibility index (Phi) is 6.46. The largest absolute Gasteiger partial charge is 0.490 e. The summed E-state index contributed by atoms with van der Waals surface area (Å²) in [6, 6.07) is 12.9. The molecule has 6 nitrogen and oxygen atoms in total. The molecule has 2 aliphatic rings. The molecule has 1 saturated heterocycles. The maximum atomic E-state index is 15.5. The molecule has 1 fully saturated rings. The summed E-state index contributed by atoms with van der Waals surface area (Å²) in [7, 11) is 2.12. The van der Waals surface area contributed by atoms with E-state index in [1.165, 1.54) is 12.1 Å². The first kappa shape index (κ1) is 25.3. The molecular weight excluding hydrogens is 505 g/mol. The van der Waals surface area contributed by atoms with Crippen LogP contribution < -0.4 is 10.3 Å². The Hall–Kier alpha value is -3.98. The summed E-state index contributed by atoms with van der Waals surface area (Å²) in [6.45, 7) is 2.69. The number of halogens is 3. The lowest BCUT2D eigenvalue weighted by atomic mass is 9.98. The average Bonchev–Trinajstić information content (AvgIpc) is 3.16. The summed E-state index contributed by atoms with van der Waals surface area (Å²) < 4.78 is 51.8. The highest BCUT2D eigenvalue weighted by Gasteiger charge is 2.47. The third-order valence-corrected chi connectivity index (χ3v) is 7.57. The van der Waals surface area contributed by atoms with E-state index in [4.69, 9.17) is 4.74 Å². The normalized spacial score (nSPS) is 16.6. The van der Waals surface area contributed by atoms with E-state index in [1.807, 2.05) is 6.07 Å². The Morgan fingerprint density at radius 2 is 1.77 bits per heavy atom. The number of pyridine rings is 1. The number of hydrogen-bond acceptors (Lipinski definition) is 5. The highest BCUT2D eigenvalue weighted by molar-refractivity contribution is 5.78. The van der Waals surface area contributed by atoms with Gasteiger partial charge in [-0.15, -0.1) is 0 Å². The first-order valence-electron chi connectivity index (χ1n) is 12.9. The van der Waals surface area contributed by atoms with Gasteiger partial charge in [0.15, 0.2) is 11.6 Å². The monoisotopic (exact) mass is 532 g/mol. The quantitative estimate of drug-likeness (QED) is 0.336. The Bertz CT molecular complexity index is 1580. The van der Waals surface area contributed by atoms with Gasteiger partial charge in [0.2, 0.25) is 0 Å². The van der Waals surface area contributed by atoms with Crippen LogP contribution in [0.5, 0.6) is 5.75 Å². The molecule has 39 heavy (non-hydrogen) atoms. The van der Waals surface area contributed by atoms with Crippen molar-refractivity contribution in [1.82, 2.24) is 19.4 Å². The fourth-order valence-corrected chi connectivity index (χ4v) is 5.41. The number of aromatic nitrogens is 3. The number of likely N-dealkylation sites (tertiary alicyclic amines) is 1. The molecule has 9 heteroatoms. The second-order valence-corrected chi connectivity index (χ2v) is 10.3. The predicted molar refractivity (Wildman–Crippen MR) is 141 cm³/mol. The molecule has 6 rings (SSSR count). The number of ether oxygens (including phenoxy) is 1. The van der Waals surface area contributed by atoms with Crippen LogP contribution in [0.15, 0.2) is 71.8 Å². The van der Waals surface area contributed by atoms with Crippen molar-refractivity contribution in [3.63, 3.8) is 0 Å². The fourth-order valence-electron chi connectivity index (χ4n) is 5.41. The zero-order valence-electron chi connectivity index (χ0n) is 21.4. The highest BCUT2D eigenvalue weighted by Crippen LogP contribution is 2.50. The molecule has 3 heterocycles. The van der Waals surface area contributed by atoms with E-state index in [1.54, 1.807) is 30.6 Å². The molecule has 0 bridgehead atoms. The standard InChI is InChI=1S/C30H27F3N4O2/c1-36-11-9-19(10-12-36)18-39-23-15-34-29(35-16-23)21-4-2-3-20(13-21)17-37-27(38)8-6-24-25-14-22(31)5-7-26(25)30(32,33)28(24)37/h2-8,13-16,19H,9-12,17-18H2,1H3. The minimum absolute atomic E-state index is 0.0837. The molecule has 1 aliphatic carbocycles. The lowest BCUT2D eigenvalue weighted by Gasteiger charge is -2.28. The van der Waals surface area contributed by atoms with E-state index in [0.29, 0.717) is 35.2 Å². The number of nitrogens with zero attached hydrogens (tertiary/aromatic N) is 4. The Labute approximate surface area is 223 Å². The molecule has 0 radical (unpaired) electrons. The maximum absolute atomic E-state index is 15.5. The van der Waals surface area contributed by atoms with Gasteiger partial charge in [-0.2, -0.15) is 8.78 Å². The van der Waals surface area contributed by atoms with Gasteiger partial charge in [0.05, 0.1) is 25.5 Å². The van der Waals surface area contributed by atoms with E-state index >= 15 is 8.78 Å². The molecule has 2 aromatic heterocycles. The predicted octanol–water partition coefficient (Wildman–Crippen LogP) is 5.33. The molecule has 0 N–H and O–H groups in total. The van der Waals surface area contributed by atoms with E-state index in [2.05, 4.69) is 21.9 Å². The zero-order valence-corrected chi connectivity index (χ0v) is 21.4. The van der Waals surface area contributed by atoms with Crippen molar-refractivity contribution in [2.45, 2.75) is 25.3 Å². The number of hydrogen-bond donors (Lipinski definition) is 0. The van der Waals surface area contributed by atoms with Gasteiger partial charge in [-0.3, -0.25) is 4.79 Å². The van der Waals surface area contributed by atoms with Crippen LogP contribution in [0.25, 0.3) is 22.5 Å². The summed E-state index contributed by atoms with van der Waals surface area (Å²) in [6.07, 6.45) is 5.47. The van der Waals surface area contributed by atoms with Gasteiger partial charge in [-0.25, -0.2) is 14.4 Å². The van der Waals surface area contributed by atoms with Gasteiger partial charge in [0.1, 0.15) is 11.5 Å². The molecule has 0 spiro atoms. The number of fused-ring (bicyclic) bond motifs is 3. The van der Waals surface area contributed by atoms with Gasteiger partial charge >= 0.3 is 5.92 Å². The van der Waals surface area contributed by atoms with E-state index in [0.717, 1.165) is 48.7 Å². The SMILES string of the molecule is CN1CCC(COc2cnc(-c3cccc(Cn4c5c(ccc4=O)-c4cc(F)ccc4C5(F)F)c3)nc2)CC1. The third kappa shape index (κ3) is 4.83. The van der Waals surface area contributed by atoms with Crippen molar-refractivity contribution >= 4 is 0 Å². The van der Waals surface area contributed by atoms with Crippen molar-refractivity contribution in [2.75, 3.05) is 26.7 Å². The fraction of sp³-hybridized carbons (Fsp3) is 0.300. The Morgan fingerprint density at radius 1 is 1.00 bits per heavy atom. The lowest BCUT2D eigenvalue weighted by molar-refractivity contribution is 0.0387. The van der Waals surface area contributed by atoms with Crippen LogP contribution in [0, 0.1) is 11.7 Å². The van der Waals surface area contributed by atoms with Crippen molar-refractivity contribution in [3.8, 4) is 28.3 Å². The van der Waals surface area contributed by atoms with Crippen LogP contribution in [0.1, 0.15) is 29.7 Å². The molecule has 1 aliphatic heterocycles. The summed E-state index contributed by atoms with van der Waals surface area (Å²) in [5, 5.41) is 0. The van der Waals surface area contributed by atoms with Gasteiger partial charge in [0, 0.05) is 22.8 Å². The van der Waals surface area contributed by atoms with E-state index in [-0.39, 0.29) is 23.2 Å². The number of benzene rings is 2. The van der Waals surface area contributed by atoms with Crippen LogP contribution in [-0.2, 0) is 12.5 Å². The third-order valence-electron chi connectivity index (χ3n) is 7.57.